The van der Waals surface area contributed by atoms with Crippen molar-refractivity contribution in [1.29, 1.82) is 0 Å². The van der Waals surface area contributed by atoms with Gasteiger partial charge in [-0.3, -0.25) is 0 Å². The van der Waals surface area contributed by atoms with Crippen molar-refractivity contribution in [2.24, 2.45) is 0 Å². The van der Waals surface area contributed by atoms with Crippen molar-refractivity contribution in [3.63, 3.8) is 0 Å². The molecule has 0 radical (unpaired) electrons. The van der Waals surface area contributed by atoms with Crippen LogP contribution >= 0.6 is 0 Å². The number of hydrogen-bond donors (Lipinski definition) is 1. The molecule has 0 bridgehead atoms. The van der Waals surface area contributed by atoms with Crippen LogP contribution in [0.2, 0.25) is 0 Å². The van der Waals surface area contributed by atoms with Gasteiger partial charge in [0.15, 0.2) is 0 Å². The molecule has 1 aromatic carbocycles. The number of alkyl halides is 3. The Morgan fingerprint density at radius 1 is 1.17 bits per heavy atom. The second kappa shape index (κ2) is 6.23. The lowest BCUT2D eigenvalue weighted by atomic mass is 9.98. The Labute approximate surface area is 106 Å². The fraction of sp³-hybridized carbons (Fsp3) is 0.571. The van der Waals surface area contributed by atoms with Crippen LogP contribution in [0, 0.1) is 13.8 Å². The van der Waals surface area contributed by atoms with Crippen LogP contribution in [-0.4, -0.2) is 12.7 Å². The van der Waals surface area contributed by atoms with Gasteiger partial charge >= 0.3 is 6.18 Å². The van der Waals surface area contributed by atoms with Crippen LogP contribution in [0.3, 0.4) is 0 Å². The Balaban J connectivity index is 2.90. The predicted molar refractivity (Wildman–Crippen MR) is 67.6 cm³/mol. The Bertz CT molecular complexity index is 385. The second-order valence-electron chi connectivity index (χ2n) is 4.67. The van der Waals surface area contributed by atoms with Crippen molar-refractivity contribution in [3.8, 4) is 0 Å². The molecular formula is C14H20F3N. The zero-order valence-corrected chi connectivity index (χ0v) is 11.1. The molecule has 102 valence electrons. The van der Waals surface area contributed by atoms with Crippen LogP contribution in [0.1, 0.15) is 42.5 Å². The molecule has 0 aliphatic rings. The number of nitrogens with one attached hydrogen (secondary N) is 1. The number of benzene rings is 1. The summed E-state index contributed by atoms with van der Waals surface area (Å²) in [7, 11) is 0. The molecule has 1 unspecified atom stereocenters. The number of hydrogen-bond acceptors (Lipinski definition) is 1. The highest BCUT2D eigenvalue weighted by Crippen LogP contribution is 2.30. The summed E-state index contributed by atoms with van der Waals surface area (Å²) >= 11 is 0. The Morgan fingerprint density at radius 2 is 1.83 bits per heavy atom. The maximum absolute atomic E-state index is 12.6. The van der Waals surface area contributed by atoms with Crippen LogP contribution in [0.5, 0.6) is 0 Å². The Kier molecular flexibility index (Phi) is 5.20. The van der Waals surface area contributed by atoms with Crippen molar-refractivity contribution >= 4 is 0 Å². The summed E-state index contributed by atoms with van der Waals surface area (Å²) in [6.07, 6.45) is -4.15. The van der Waals surface area contributed by atoms with E-state index in [0.29, 0.717) is 12.1 Å². The first-order chi connectivity index (χ1) is 8.33. The summed E-state index contributed by atoms with van der Waals surface area (Å²) in [4.78, 5) is 0. The summed E-state index contributed by atoms with van der Waals surface area (Å²) in [6.45, 7) is 6.41. The summed E-state index contributed by atoms with van der Waals surface area (Å²) in [5, 5.41) is 2.97. The highest BCUT2D eigenvalue weighted by Gasteiger charge is 2.32. The van der Waals surface area contributed by atoms with Gasteiger partial charge in [0.2, 0.25) is 0 Å². The lowest BCUT2D eigenvalue weighted by molar-refractivity contribution is -0.140. The topological polar surface area (TPSA) is 12.0 Å². The number of halogens is 3. The van der Waals surface area contributed by atoms with Crippen molar-refractivity contribution < 1.29 is 13.2 Å². The third kappa shape index (κ3) is 4.69. The van der Waals surface area contributed by atoms with Gasteiger partial charge in [0.25, 0.3) is 0 Å². The van der Waals surface area contributed by atoms with Crippen LogP contribution in [0.4, 0.5) is 13.2 Å². The van der Waals surface area contributed by atoms with E-state index in [9.17, 15) is 13.2 Å². The molecule has 0 aromatic heterocycles. The molecule has 0 spiro atoms. The highest BCUT2D eigenvalue weighted by atomic mass is 19.4. The largest absolute Gasteiger partial charge is 0.390 e. The zero-order chi connectivity index (χ0) is 13.8. The predicted octanol–water partition coefficient (Wildman–Crippen LogP) is 4.30. The fourth-order valence-corrected chi connectivity index (χ4v) is 1.84. The van der Waals surface area contributed by atoms with Crippen LogP contribution < -0.4 is 5.32 Å². The van der Waals surface area contributed by atoms with Gasteiger partial charge in [-0.2, -0.15) is 13.2 Å². The van der Waals surface area contributed by atoms with E-state index in [0.717, 1.165) is 17.5 Å². The van der Waals surface area contributed by atoms with Crippen molar-refractivity contribution in [2.45, 2.75) is 45.8 Å². The Hall–Kier alpha value is -1.03. The smallest absolute Gasteiger partial charge is 0.310 e. The van der Waals surface area contributed by atoms with E-state index in [1.54, 1.807) is 6.07 Å². The number of rotatable bonds is 5. The Morgan fingerprint density at radius 3 is 2.33 bits per heavy atom. The molecule has 0 fully saturated rings. The molecule has 1 aromatic rings. The normalized spacial score (nSPS) is 13.7. The van der Waals surface area contributed by atoms with Crippen molar-refractivity contribution in [3.05, 3.63) is 34.9 Å². The first kappa shape index (κ1) is 15.0. The van der Waals surface area contributed by atoms with E-state index < -0.39 is 18.6 Å². The van der Waals surface area contributed by atoms with E-state index in [1.165, 1.54) is 0 Å². The first-order valence-corrected chi connectivity index (χ1v) is 6.20. The lowest BCUT2D eigenvalue weighted by Gasteiger charge is -2.21. The molecule has 1 rings (SSSR count). The molecule has 1 nitrogen and oxygen atoms in total. The van der Waals surface area contributed by atoms with E-state index in [-0.39, 0.29) is 0 Å². The van der Waals surface area contributed by atoms with Crippen LogP contribution in [0.15, 0.2) is 18.2 Å². The minimum Gasteiger partial charge on any atom is -0.310 e. The van der Waals surface area contributed by atoms with Gasteiger partial charge in [0, 0.05) is 6.04 Å². The minimum absolute atomic E-state index is 0.591. The molecule has 0 saturated heterocycles. The first-order valence-electron chi connectivity index (χ1n) is 6.20. The van der Waals surface area contributed by atoms with Gasteiger partial charge in [0.05, 0.1) is 6.42 Å². The monoisotopic (exact) mass is 259 g/mol. The molecule has 0 heterocycles. The van der Waals surface area contributed by atoms with E-state index in [2.05, 4.69) is 5.32 Å². The number of aryl methyl sites for hydroxylation is 2. The van der Waals surface area contributed by atoms with E-state index in [1.807, 2.05) is 32.9 Å². The average molecular weight is 259 g/mol. The second-order valence-corrected chi connectivity index (χ2v) is 4.67. The van der Waals surface area contributed by atoms with Crippen LogP contribution in [-0.2, 0) is 0 Å². The SMILES string of the molecule is CCCNC(CC(F)(F)F)c1ccc(C)c(C)c1. The quantitative estimate of drug-likeness (QED) is 0.831. The molecule has 1 atom stereocenters. The molecule has 0 amide bonds. The molecule has 18 heavy (non-hydrogen) atoms. The molecule has 0 saturated carbocycles. The summed E-state index contributed by atoms with van der Waals surface area (Å²) in [6, 6.07) is 4.85. The third-order valence-corrected chi connectivity index (χ3v) is 3.01. The standard InChI is InChI=1S/C14H20F3N/c1-4-7-18-13(9-14(15,16)17)12-6-5-10(2)11(3)8-12/h5-6,8,13,18H,4,7,9H2,1-3H3. The highest BCUT2D eigenvalue weighted by molar-refractivity contribution is 5.31. The molecule has 0 aliphatic carbocycles. The van der Waals surface area contributed by atoms with Crippen LogP contribution in [0.25, 0.3) is 0 Å². The average Bonchev–Trinajstić information content (AvgIpc) is 2.26. The van der Waals surface area contributed by atoms with Gasteiger partial charge in [-0.1, -0.05) is 25.1 Å². The van der Waals surface area contributed by atoms with Crippen molar-refractivity contribution in [2.75, 3.05) is 6.54 Å². The van der Waals surface area contributed by atoms with E-state index >= 15 is 0 Å². The lowest BCUT2D eigenvalue weighted by Crippen LogP contribution is -2.27. The summed E-state index contributed by atoms with van der Waals surface area (Å²) in [5.74, 6) is 0. The third-order valence-electron chi connectivity index (χ3n) is 3.01. The molecule has 1 N–H and O–H groups in total. The summed E-state index contributed by atoms with van der Waals surface area (Å²) < 4.78 is 37.7. The molecule has 0 aliphatic heterocycles. The maximum Gasteiger partial charge on any atom is 0.390 e. The van der Waals surface area contributed by atoms with Gasteiger partial charge in [-0.25, -0.2) is 0 Å². The fourth-order valence-electron chi connectivity index (χ4n) is 1.84. The van der Waals surface area contributed by atoms with Gasteiger partial charge < -0.3 is 5.32 Å². The van der Waals surface area contributed by atoms with Crippen molar-refractivity contribution in [1.82, 2.24) is 5.32 Å². The van der Waals surface area contributed by atoms with Gasteiger partial charge in [-0.15, -0.1) is 0 Å². The van der Waals surface area contributed by atoms with E-state index in [4.69, 9.17) is 0 Å². The zero-order valence-electron chi connectivity index (χ0n) is 11.1. The molecule has 4 heteroatoms. The van der Waals surface area contributed by atoms with Gasteiger partial charge in [0.1, 0.15) is 0 Å². The molecular weight excluding hydrogens is 239 g/mol. The van der Waals surface area contributed by atoms with Gasteiger partial charge in [-0.05, 0) is 43.5 Å². The minimum atomic E-state index is -4.15. The maximum atomic E-state index is 12.6. The summed E-state index contributed by atoms with van der Waals surface area (Å²) in [5.41, 5.74) is 2.84.